The standard InChI is InChI=1S/C46H56N2O15S4/c1-45(2)37-29-35(66(57,58)59)20-22-39(37)47(26-7-5-6-13-43(49)50)41(45)24-14-31-11-10-12-32(44(31)63-33-16-18-34(19-17-33)65(54,55)56)15-25-42-46(3,4)38-30-36(67(60,61)62)21-23-40(38)48(42)27-8-9-28-64(51,52)53/h14-25,29-30,41H,5-13,26-28H2,1-4H3,(H,49,50)(H,51,52,53)(H,54,55,56)(H,57,58,59)(H,60,61,62)/b24-14+,32-15+,42-25+. The molecule has 0 radical (unpaired) electrons. The van der Waals surface area contributed by atoms with Crippen molar-refractivity contribution in [2.45, 2.75) is 117 Å². The smallest absolute Gasteiger partial charge is 0.303 e. The summed E-state index contributed by atoms with van der Waals surface area (Å²) in [5.74, 6) is -0.631. The molecule has 3 aliphatic rings. The number of hydrogen-bond donors (Lipinski definition) is 5. The number of hydrogen-bond acceptors (Lipinski definition) is 12. The van der Waals surface area contributed by atoms with Crippen LogP contribution in [0.1, 0.15) is 96.6 Å². The summed E-state index contributed by atoms with van der Waals surface area (Å²) in [6.45, 7) is 8.51. The number of carboxylic acids is 1. The van der Waals surface area contributed by atoms with Crippen LogP contribution in [0.4, 0.5) is 11.4 Å². The lowest BCUT2D eigenvalue weighted by Crippen LogP contribution is -2.40. The average Bonchev–Trinajstić information content (AvgIpc) is 3.57. The van der Waals surface area contributed by atoms with Crippen LogP contribution >= 0.6 is 0 Å². The molecule has 6 rings (SSSR count). The SMILES string of the molecule is CC1(C)/C(=C\C=C2/CCCC(/C=C/C3N(CCCCCC(=O)O)c4ccc(S(=O)(=O)O)cc4C3(C)C)=C2Oc2ccc(S(=O)(=O)O)cc2)N(CCCCS(=O)(=O)O)c2ccc(S(=O)(=O)O)cc21. The van der Waals surface area contributed by atoms with Crippen LogP contribution in [0, 0.1) is 0 Å². The van der Waals surface area contributed by atoms with Crippen molar-refractivity contribution in [3.8, 4) is 5.75 Å². The van der Waals surface area contributed by atoms with Gasteiger partial charge >= 0.3 is 5.97 Å². The monoisotopic (exact) mass is 1000 g/mol. The first-order valence-corrected chi connectivity index (χ1v) is 27.6. The molecular weight excluding hydrogens is 949 g/mol. The highest BCUT2D eigenvalue weighted by atomic mass is 32.2. The number of anilines is 2. The molecule has 0 spiro atoms. The van der Waals surface area contributed by atoms with E-state index < -0.39 is 63.0 Å². The van der Waals surface area contributed by atoms with Crippen LogP contribution in [0.3, 0.4) is 0 Å². The summed E-state index contributed by atoms with van der Waals surface area (Å²) >= 11 is 0. The van der Waals surface area contributed by atoms with E-state index >= 15 is 0 Å². The molecule has 3 aromatic rings. The van der Waals surface area contributed by atoms with Gasteiger partial charge in [-0.3, -0.25) is 23.0 Å². The number of nitrogens with zero attached hydrogens (tertiary/aromatic N) is 2. The molecule has 0 saturated carbocycles. The highest BCUT2D eigenvalue weighted by molar-refractivity contribution is 7.86. The van der Waals surface area contributed by atoms with Gasteiger partial charge < -0.3 is 19.6 Å². The van der Waals surface area contributed by atoms with E-state index in [1.807, 2.05) is 56.9 Å². The Labute approximate surface area is 392 Å². The summed E-state index contributed by atoms with van der Waals surface area (Å²) in [5.41, 5.74) is 3.33. The predicted octanol–water partition coefficient (Wildman–Crippen LogP) is 7.89. The van der Waals surface area contributed by atoms with E-state index in [0.29, 0.717) is 86.3 Å². The van der Waals surface area contributed by atoms with E-state index in [-0.39, 0.29) is 39.3 Å². The molecule has 5 N–H and O–H groups in total. The quantitative estimate of drug-likeness (QED) is 0.0564. The molecule has 0 fully saturated rings. The maximum absolute atomic E-state index is 12.3. The Kier molecular flexibility index (Phi) is 15.1. The number of allylic oxidation sites excluding steroid dienone is 6. The molecule has 0 amide bonds. The van der Waals surface area contributed by atoms with Crippen molar-refractivity contribution in [1.29, 1.82) is 0 Å². The third kappa shape index (κ3) is 12.1. The molecule has 0 bridgehead atoms. The van der Waals surface area contributed by atoms with Gasteiger partial charge in [-0.2, -0.15) is 33.7 Å². The van der Waals surface area contributed by atoms with Crippen LogP contribution < -0.4 is 14.5 Å². The Morgan fingerprint density at radius 1 is 0.701 bits per heavy atom. The van der Waals surface area contributed by atoms with Crippen molar-refractivity contribution >= 4 is 57.8 Å². The van der Waals surface area contributed by atoms with Gasteiger partial charge in [0.1, 0.15) is 11.5 Å². The highest BCUT2D eigenvalue weighted by Gasteiger charge is 2.44. The molecule has 3 aromatic carbocycles. The van der Waals surface area contributed by atoms with E-state index in [1.165, 1.54) is 48.5 Å². The molecule has 67 heavy (non-hydrogen) atoms. The van der Waals surface area contributed by atoms with Gasteiger partial charge in [-0.05, 0) is 134 Å². The number of fused-ring (bicyclic) bond motifs is 2. The first-order valence-electron chi connectivity index (χ1n) is 21.6. The zero-order valence-electron chi connectivity index (χ0n) is 37.5. The summed E-state index contributed by atoms with van der Waals surface area (Å²) in [7, 11) is -17.8. The fourth-order valence-electron chi connectivity index (χ4n) is 9.13. The molecule has 0 saturated heterocycles. The second-order valence-electron chi connectivity index (χ2n) is 18.0. The number of benzene rings is 3. The zero-order chi connectivity index (χ0) is 49.3. The van der Waals surface area contributed by atoms with Gasteiger partial charge in [-0.1, -0.05) is 52.3 Å². The van der Waals surface area contributed by atoms with E-state index in [2.05, 4.69) is 4.90 Å². The summed E-state index contributed by atoms with van der Waals surface area (Å²) in [4.78, 5) is 14.4. The van der Waals surface area contributed by atoms with Gasteiger partial charge in [0.25, 0.3) is 40.5 Å². The lowest BCUT2D eigenvalue weighted by atomic mass is 9.80. The summed E-state index contributed by atoms with van der Waals surface area (Å²) < 4.78 is 141. The number of rotatable bonds is 19. The van der Waals surface area contributed by atoms with Crippen molar-refractivity contribution in [2.24, 2.45) is 0 Å². The van der Waals surface area contributed by atoms with Gasteiger partial charge in [-0.15, -0.1) is 0 Å². The van der Waals surface area contributed by atoms with Crippen LogP contribution in [-0.2, 0) is 56.1 Å². The molecule has 1 unspecified atom stereocenters. The molecule has 0 aromatic heterocycles. The van der Waals surface area contributed by atoms with Gasteiger partial charge in [0.2, 0.25) is 0 Å². The third-order valence-corrected chi connectivity index (χ3v) is 15.9. The van der Waals surface area contributed by atoms with Crippen LogP contribution in [0.5, 0.6) is 5.75 Å². The number of aliphatic carboxylic acids is 1. The van der Waals surface area contributed by atoms with Crippen molar-refractivity contribution in [3.63, 3.8) is 0 Å². The Morgan fingerprint density at radius 3 is 1.88 bits per heavy atom. The fraction of sp³-hybridized carbons (Fsp3) is 0.413. The molecular formula is C46H56N2O15S4. The summed E-state index contributed by atoms with van der Waals surface area (Å²) in [6.07, 6.45) is 11.7. The van der Waals surface area contributed by atoms with E-state index in [4.69, 9.17) is 4.74 Å². The van der Waals surface area contributed by atoms with E-state index in [0.717, 1.165) is 16.8 Å². The molecule has 1 atom stereocenters. The van der Waals surface area contributed by atoms with Gasteiger partial charge in [0.15, 0.2) is 0 Å². The first-order chi connectivity index (χ1) is 31.1. The van der Waals surface area contributed by atoms with Crippen LogP contribution in [0.2, 0.25) is 0 Å². The third-order valence-electron chi connectivity index (χ3n) is 12.6. The molecule has 364 valence electrons. The van der Waals surface area contributed by atoms with Crippen molar-refractivity contribution in [1.82, 2.24) is 0 Å². The molecule has 2 heterocycles. The van der Waals surface area contributed by atoms with Crippen LogP contribution in [-0.4, -0.2) is 87.8 Å². The number of carboxylic acid groups (broad SMARTS) is 1. The lowest BCUT2D eigenvalue weighted by molar-refractivity contribution is -0.137. The number of carbonyl (C=O) groups is 1. The zero-order valence-corrected chi connectivity index (χ0v) is 40.8. The van der Waals surface area contributed by atoms with E-state index in [9.17, 15) is 61.8 Å². The maximum atomic E-state index is 12.3. The Balaban J connectivity index is 1.45. The normalized spacial score (nSPS) is 19.7. The van der Waals surface area contributed by atoms with Gasteiger partial charge in [0, 0.05) is 47.4 Å². The number of unbranched alkanes of at least 4 members (excludes halogenated alkanes) is 3. The lowest BCUT2D eigenvalue weighted by Gasteiger charge is -2.33. The van der Waals surface area contributed by atoms with Gasteiger partial charge in [-0.25, -0.2) is 0 Å². The Morgan fingerprint density at radius 2 is 1.28 bits per heavy atom. The summed E-state index contributed by atoms with van der Waals surface area (Å²) in [6, 6.07) is 13.6. The van der Waals surface area contributed by atoms with Crippen molar-refractivity contribution in [2.75, 3.05) is 28.6 Å². The second-order valence-corrected chi connectivity index (χ2v) is 23.8. The van der Waals surface area contributed by atoms with Crippen molar-refractivity contribution in [3.05, 3.63) is 119 Å². The average molecular weight is 1010 g/mol. The molecule has 17 nitrogen and oxygen atoms in total. The molecule has 1 aliphatic carbocycles. The highest BCUT2D eigenvalue weighted by Crippen LogP contribution is 2.50. The summed E-state index contributed by atoms with van der Waals surface area (Å²) in [5, 5.41) is 9.19. The predicted molar refractivity (Wildman–Crippen MR) is 252 cm³/mol. The minimum Gasteiger partial charge on any atom is -0.481 e. The maximum Gasteiger partial charge on any atom is 0.303 e. The fourth-order valence-corrected chi connectivity index (χ4v) is 11.2. The minimum atomic E-state index is -4.56. The van der Waals surface area contributed by atoms with Crippen LogP contribution in [0.15, 0.2) is 122 Å². The molecule has 2 aliphatic heterocycles. The second kappa shape index (κ2) is 19.6. The number of ether oxygens (including phenoxy) is 1. The minimum absolute atomic E-state index is 0.0274. The first kappa shape index (κ1) is 51.5. The van der Waals surface area contributed by atoms with Crippen molar-refractivity contribution < 1.29 is 66.5 Å². The topological polar surface area (TPSA) is 270 Å². The van der Waals surface area contributed by atoms with Gasteiger partial charge in [0.05, 0.1) is 26.5 Å². The Bertz CT molecular complexity index is 2990. The Hall–Kier alpha value is -4.87. The largest absolute Gasteiger partial charge is 0.481 e. The molecule has 21 heteroatoms. The van der Waals surface area contributed by atoms with E-state index in [1.54, 1.807) is 12.1 Å². The van der Waals surface area contributed by atoms with Crippen LogP contribution in [0.25, 0.3) is 0 Å².